The number of aryl methyl sites for hydroxylation is 1. The molecule has 1 heterocycles. The van der Waals surface area contributed by atoms with E-state index in [0.717, 1.165) is 22.4 Å². The number of aromatic nitrogens is 1. The van der Waals surface area contributed by atoms with Gasteiger partial charge in [-0.1, -0.05) is 12.1 Å². The monoisotopic (exact) mass is 214 g/mol. The summed E-state index contributed by atoms with van der Waals surface area (Å²) in [5.74, 6) is 0.597. The summed E-state index contributed by atoms with van der Waals surface area (Å²) < 4.78 is 5.10. The average molecular weight is 214 g/mol. The Kier molecular flexibility index (Phi) is 2.77. The van der Waals surface area contributed by atoms with E-state index >= 15 is 0 Å². The van der Waals surface area contributed by atoms with Gasteiger partial charge in [0.1, 0.15) is 0 Å². The number of hydrogen-bond donors (Lipinski definition) is 1. The van der Waals surface area contributed by atoms with Crippen molar-refractivity contribution in [3.8, 4) is 17.0 Å². The van der Waals surface area contributed by atoms with Crippen LogP contribution in [-0.4, -0.2) is 12.1 Å². The van der Waals surface area contributed by atoms with Crippen LogP contribution >= 0.6 is 0 Å². The van der Waals surface area contributed by atoms with Gasteiger partial charge >= 0.3 is 0 Å². The third-order valence-corrected chi connectivity index (χ3v) is 2.54. The van der Waals surface area contributed by atoms with Gasteiger partial charge in [-0.25, -0.2) is 4.98 Å². The SMILES string of the molecule is COc1cc(-c2c(C)cccc2N)ccn1. The normalized spacial score (nSPS) is 10.1. The van der Waals surface area contributed by atoms with Gasteiger partial charge in [0.25, 0.3) is 0 Å². The number of anilines is 1. The van der Waals surface area contributed by atoms with Crippen molar-refractivity contribution < 1.29 is 4.74 Å². The lowest BCUT2D eigenvalue weighted by molar-refractivity contribution is 0.398. The smallest absolute Gasteiger partial charge is 0.213 e. The van der Waals surface area contributed by atoms with Gasteiger partial charge in [0.15, 0.2) is 0 Å². The van der Waals surface area contributed by atoms with E-state index in [1.807, 2.05) is 37.3 Å². The third-order valence-electron chi connectivity index (χ3n) is 2.54. The van der Waals surface area contributed by atoms with Crippen LogP contribution in [0.4, 0.5) is 5.69 Å². The number of ether oxygens (including phenoxy) is 1. The number of hydrogen-bond acceptors (Lipinski definition) is 3. The molecule has 16 heavy (non-hydrogen) atoms. The topological polar surface area (TPSA) is 48.1 Å². The van der Waals surface area contributed by atoms with E-state index in [0.29, 0.717) is 5.88 Å². The average Bonchev–Trinajstić information content (AvgIpc) is 2.29. The van der Waals surface area contributed by atoms with E-state index in [1.165, 1.54) is 0 Å². The molecule has 0 radical (unpaired) electrons. The van der Waals surface area contributed by atoms with Gasteiger partial charge in [0.05, 0.1) is 7.11 Å². The molecule has 2 rings (SSSR count). The van der Waals surface area contributed by atoms with Gasteiger partial charge in [0, 0.05) is 23.5 Å². The molecule has 3 nitrogen and oxygen atoms in total. The number of nitrogens with zero attached hydrogens (tertiary/aromatic N) is 1. The van der Waals surface area contributed by atoms with Crippen LogP contribution < -0.4 is 10.5 Å². The number of benzene rings is 1. The fourth-order valence-electron chi connectivity index (χ4n) is 1.76. The van der Waals surface area contributed by atoms with Crippen LogP contribution in [0.25, 0.3) is 11.1 Å². The molecule has 1 aromatic heterocycles. The highest BCUT2D eigenvalue weighted by molar-refractivity contribution is 5.79. The number of pyridine rings is 1. The second kappa shape index (κ2) is 4.23. The fraction of sp³-hybridized carbons (Fsp3) is 0.154. The molecule has 0 unspecified atom stereocenters. The first-order valence-corrected chi connectivity index (χ1v) is 5.08. The van der Waals surface area contributed by atoms with Crippen molar-refractivity contribution in [2.24, 2.45) is 0 Å². The van der Waals surface area contributed by atoms with E-state index in [9.17, 15) is 0 Å². The molecule has 1 aromatic carbocycles. The number of nitrogen functional groups attached to an aromatic ring is 1. The second-order valence-electron chi connectivity index (χ2n) is 3.63. The largest absolute Gasteiger partial charge is 0.481 e. The first-order chi connectivity index (χ1) is 7.72. The van der Waals surface area contributed by atoms with Crippen molar-refractivity contribution in [3.05, 3.63) is 42.1 Å². The molecule has 0 spiro atoms. The molecule has 0 amide bonds. The van der Waals surface area contributed by atoms with Crippen LogP contribution in [-0.2, 0) is 0 Å². The summed E-state index contributed by atoms with van der Waals surface area (Å²) in [6.45, 7) is 2.04. The van der Waals surface area contributed by atoms with Crippen molar-refractivity contribution in [2.75, 3.05) is 12.8 Å². The lowest BCUT2D eigenvalue weighted by Gasteiger charge is -2.10. The maximum atomic E-state index is 5.98. The van der Waals surface area contributed by atoms with E-state index in [-0.39, 0.29) is 0 Å². The molecule has 82 valence electrons. The molecular weight excluding hydrogens is 200 g/mol. The Balaban J connectivity index is 2.58. The Hall–Kier alpha value is -2.03. The zero-order valence-corrected chi connectivity index (χ0v) is 9.40. The van der Waals surface area contributed by atoms with Crippen LogP contribution in [0.2, 0.25) is 0 Å². The minimum Gasteiger partial charge on any atom is -0.481 e. The Labute approximate surface area is 94.9 Å². The first-order valence-electron chi connectivity index (χ1n) is 5.08. The van der Waals surface area contributed by atoms with Crippen molar-refractivity contribution >= 4 is 5.69 Å². The van der Waals surface area contributed by atoms with E-state index in [2.05, 4.69) is 4.98 Å². The van der Waals surface area contributed by atoms with Crippen LogP contribution in [0.5, 0.6) is 5.88 Å². The zero-order chi connectivity index (χ0) is 11.5. The molecule has 0 saturated heterocycles. The van der Waals surface area contributed by atoms with Crippen LogP contribution in [0, 0.1) is 6.92 Å². The first kappa shape index (κ1) is 10.5. The Morgan fingerprint density at radius 3 is 2.75 bits per heavy atom. The van der Waals surface area contributed by atoms with Crippen molar-refractivity contribution in [1.29, 1.82) is 0 Å². The minimum atomic E-state index is 0.597. The van der Waals surface area contributed by atoms with E-state index in [4.69, 9.17) is 10.5 Å². The lowest BCUT2D eigenvalue weighted by atomic mass is 10.00. The van der Waals surface area contributed by atoms with Crippen LogP contribution in [0.1, 0.15) is 5.56 Å². The molecule has 3 heteroatoms. The predicted molar refractivity (Wildman–Crippen MR) is 65.4 cm³/mol. The Morgan fingerprint density at radius 2 is 2.06 bits per heavy atom. The summed E-state index contributed by atoms with van der Waals surface area (Å²) >= 11 is 0. The molecule has 0 aliphatic heterocycles. The quantitative estimate of drug-likeness (QED) is 0.782. The van der Waals surface area contributed by atoms with Gasteiger partial charge in [0.2, 0.25) is 5.88 Å². The molecule has 0 aliphatic rings. The lowest BCUT2D eigenvalue weighted by Crippen LogP contribution is -1.94. The van der Waals surface area contributed by atoms with Crippen molar-refractivity contribution in [3.63, 3.8) is 0 Å². The summed E-state index contributed by atoms with van der Waals surface area (Å²) in [6.07, 6.45) is 1.72. The molecule has 2 aromatic rings. The minimum absolute atomic E-state index is 0.597. The van der Waals surface area contributed by atoms with Gasteiger partial charge in [-0.2, -0.15) is 0 Å². The van der Waals surface area contributed by atoms with Gasteiger partial charge < -0.3 is 10.5 Å². The molecule has 0 saturated carbocycles. The van der Waals surface area contributed by atoms with Crippen molar-refractivity contribution in [1.82, 2.24) is 4.98 Å². The van der Waals surface area contributed by atoms with Crippen LogP contribution in [0.3, 0.4) is 0 Å². The standard InChI is InChI=1S/C13H14N2O/c1-9-4-3-5-11(14)13(9)10-6-7-15-12(8-10)16-2/h3-8H,14H2,1-2H3. The highest BCUT2D eigenvalue weighted by atomic mass is 16.5. The van der Waals surface area contributed by atoms with Crippen LogP contribution in [0.15, 0.2) is 36.5 Å². The highest BCUT2D eigenvalue weighted by Gasteiger charge is 2.06. The number of methoxy groups -OCH3 is 1. The molecule has 0 fully saturated rings. The maximum absolute atomic E-state index is 5.98. The molecule has 2 N–H and O–H groups in total. The molecule has 0 bridgehead atoms. The molecule has 0 aliphatic carbocycles. The van der Waals surface area contributed by atoms with Gasteiger partial charge in [-0.15, -0.1) is 0 Å². The van der Waals surface area contributed by atoms with Gasteiger partial charge in [-0.3, -0.25) is 0 Å². The Bertz CT molecular complexity index is 489. The third kappa shape index (κ3) is 1.84. The summed E-state index contributed by atoms with van der Waals surface area (Å²) in [5, 5.41) is 0. The zero-order valence-electron chi connectivity index (χ0n) is 9.40. The number of nitrogens with two attached hydrogens (primary N) is 1. The predicted octanol–water partition coefficient (Wildman–Crippen LogP) is 2.65. The second-order valence-corrected chi connectivity index (χ2v) is 3.63. The summed E-state index contributed by atoms with van der Waals surface area (Å²) in [4.78, 5) is 4.08. The Morgan fingerprint density at radius 1 is 1.25 bits per heavy atom. The summed E-state index contributed by atoms with van der Waals surface area (Å²) in [5.41, 5.74) is 9.98. The van der Waals surface area contributed by atoms with E-state index < -0.39 is 0 Å². The highest BCUT2D eigenvalue weighted by Crippen LogP contribution is 2.30. The summed E-state index contributed by atoms with van der Waals surface area (Å²) in [6, 6.07) is 9.71. The molecule has 0 atom stereocenters. The molecular formula is C13H14N2O. The maximum Gasteiger partial charge on any atom is 0.213 e. The van der Waals surface area contributed by atoms with E-state index in [1.54, 1.807) is 13.3 Å². The number of rotatable bonds is 2. The van der Waals surface area contributed by atoms with Crippen molar-refractivity contribution in [2.45, 2.75) is 6.92 Å². The fourth-order valence-corrected chi connectivity index (χ4v) is 1.76. The summed E-state index contributed by atoms with van der Waals surface area (Å²) in [7, 11) is 1.60. The van der Waals surface area contributed by atoms with Gasteiger partial charge in [-0.05, 0) is 30.2 Å².